The Hall–Kier alpha value is -2.47. The number of piperidine rings is 3. The highest BCUT2D eigenvalue weighted by Gasteiger charge is 2.45. The first-order valence-corrected chi connectivity index (χ1v) is 10.3. The van der Waals surface area contributed by atoms with Crippen LogP contribution in [0.25, 0.3) is 0 Å². The van der Waals surface area contributed by atoms with E-state index in [4.69, 9.17) is 0 Å². The molecule has 6 nitrogen and oxygen atoms in total. The first-order valence-electron chi connectivity index (χ1n) is 10.3. The maximum atomic E-state index is 12.9. The minimum absolute atomic E-state index is 0.0937. The molecule has 1 amide bonds. The van der Waals surface area contributed by atoms with E-state index in [9.17, 15) is 9.59 Å². The number of amides is 1. The third kappa shape index (κ3) is 3.15. The van der Waals surface area contributed by atoms with Crippen molar-refractivity contribution < 1.29 is 4.79 Å². The highest BCUT2D eigenvalue weighted by atomic mass is 16.2. The number of likely N-dealkylation sites (tertiary alicyclic amines) is 1. The number of H-pyrrole nitrogens is 1. The van der Waals surface area contributed by atoms with Crippen molar-refractivity contribution >= 4 is 5.91 Å². The van der Waals surface area contributed by atoms with Crippen molar-refractivity contribution in [3.63, 3.8) is 0 Å². The molecule has 0 saturated carbocycles. The second kappa shape index (κ2) is 7.17. The summed E-state index contributed by atoms with van der Waals surface area (Å²) in [5, 5.41) is 0. The van der Waals surface area contributed by atoms with Crippen LogP contribution < -0.4 is 5.56 Å². The van der Waals surface area contributed by atoms with E-state index in [0.29, 0.717) is 29.6 Å². The largest absolute Gasteiger partial charge is 0.337 e. The lowest BCUT2D eigenvalue weighted by atomic mass is 9.74. The molecule has 1 aromatic heterocycles. The minimum Gasteiger partial charge on any atom is -0.337 e. The molecule has 3 saturated heterocycles. The molecule has 0 radical (unpaired) electrons. The predicted molar refractivity (Wildman–Crippen MR) is 106 cm³/mol. The number of carbonyl (C=O) groups excluding carboxylic acids is 1. The number of fused-ring (bicyclic) bond motifs is 4. The average molecular weight is 378 g/mol. The Morgan fingerprint density at radius 1 is 1.07 bits per heavy atom. The Bertz CT molecular complexity index is 912. The van der Waals surface area contributed by atoms with E-state index in [-0.39, 0.29) is 11.5 Å². The molecule has 4 heterocycles. The van der Waals surface area contributed by atoms with Crippen LogP contribution in [0.4, 0.5) is 0 Å². The van der Waals surface area contributed by atoms with Gasteiger partial charge in [-0.3, -0.25) is 19.5 Å². The second-order valence-corrected chi connectivity index (χ2v) is 8.50. The third-order valence-corrected chi connectivity index (χ3v) is 6.74. The van der Waals surface area contributed by atoms with E-state index in [1.807, 2.05) is 4.90 Å². The quantitative estimate of drug-likeness (QED) is 0.872. The van der Waals surface area contributed by atoms with Gasteiger partial charge < -0.3 is 9.88 Å². The Morgan fingerprint density at radius 3 is 2.75 bits per heavy atom. The van der Waals surface area contributed by atoms with Crippen molar-refractivity contribution in [2.24, 2.45) is 11.8 Å². The van der Waals surface area contributed by atoms with Crippen LogP contribution in [0.5, 0.6) is 0 Å². The molecular weight excluding hydrogens is 352 g/mol. The Morgan fingerprint density at radius 2 is 1.93 bits per heavy atom. The van der Waals surface area contributed by atoms with Crippen LogP contribution in [0.15, 0.2) is 47.5 Å². The van der Waals surface area contributed by atoms with Gasteiger partial charge in [0.05, 0.1) is 12.4 Å². The fourth-order valence-corrected chi connectivity index (χ4v) is 5.66. The smallest absolute Gasteiger partial charge is 0.271 e. The number of rotatable bonds is 2. The Labute approximate surface area is 164 Å². The van der Waals surface area contributed by atoms with Gasteiger partial charge in [0, 0.05) is 31.7 Å². The van der Waals surface area contributed by atoms with Crippen LogP contribution in [0.1, 0.15) is 47.8 Å². The topological polar surface area (TPSA) is 69.3 Å². The highest BCUT2D eigenvalue weighted by Crippen LogP contribution is 2.44. The number of nitrogens with zero attached hydrogens (tertiary/aromatic N) is 3. The molecule has 146 valence electrons. The van der Waals surface area contributed by atoms with Gasteiger partial charge in [0.25, 0.3) is 11.5 Å². The summed E-state index contributed by atoms with van der Waals surface area (Å²) in [5.41, 5.74) is 1.40. The van der Waals surface area contributed by atoms with Gasteiger partial charge >= 0.3 is 0 Å². The summed E-state index contributed by atoms with van der Waals surface area (Å²) in [6.07, 6.45) is 7.55. The molecule has 0 unspecified atom stereocenters. The zero-order valence-corrected chi connectivity index (χ0v) is 16.0. The zero-order valence-electron chi connectivity index (χ0n) is 16.0. The fourth-order valence-electron chi connectivity index (χ4n) is 5.66. The summed E-state index contributed by atoms with van der Waals surface area (Å²) in [7, 11) is 0. The van der Waals surface area contributed by atoms with Crippen molar-refractivity contribution in [1.82, 2.24) is 19.8 Å². The van der Waals surface area contributed by atoms with Crippen LogP contribution in [-0.2, 0) is 0 Å². The maximum absolute atomic E-state index is 12.9. The Balaban J connectivity index is 1.36. The summed E-state index contributed by atoms with van der Waals surface area (Å²) in [6.45, 7) is 2.58. The number of carbonyl (C=O) groups is 1. The first kappa shape index (κ1) is 17.6. The van der Waals surface area contributed by atoms with Gasteiger partial charge in [0.1, 0.15) is 5.69 Å². The third-order valence-electron chi connectivity index (χ3n) is 6.74. The van der Waals surface area contributed by atoms with Gasteiger partial charge in [0.2, 0.25) is 0 Å². The van der Waals surface area contributed by atoms with Gasteiger partial charge in [-0.15, -0.1) is 0 Å². The first-order chi connectivity index (χ1) is 13.7. The average Bonchev–Trinajstić information content (AvgIpc) is 2.73. The molecule has 1 N–H and O–H groups in total. The van der Waals surface area contributed by atoms with Crippen molar-refractivity contribution in [2.75, 3.05) is 19.6 Å². The van der Waals surface area contributed by atoms with E-state index in [2.05, 4.69) is 45.2 Å². The van der Waals surface area contributed by atoms with Crippen LogP contribution in [0.2, 0.25) is 0 Å². The molecule has 2 bridgehead atoms. The molecule has 4 atom stereocenters. The lowest BCUT2D eigenvalue weighted by Gasteiger charge is -2.55. The molecule has 0 spiro atoms. The summed E-state index contributed by atoms with van der Waals surface area (Å²) in [6, 6.07) is 11.9. The van der Waals surface area contributed by atoms with E-state index in [1.54, 1.807) is 0 Å². The van der Waals surface area contributed by atoms with E-state index >= 15 is 0 Å². The summed E-state index contributed by atoms with van der Waals surface area (Å²) >= 11 is 0. The molecule has 28 heavy (non-hydrogen) atoms. The van der Waals surface area contributed by atoms with E-state index in [0.717, 1.165) is 19.6 Å². The van der Waals surface area contributed by atoms with Crippen LogP contribution >= 0.6 is 0 Å². The molecule has 3 fully saturated rings. The fraction of sp³-hybridized carbons (Fsp3) is 0.500. The number of nitrogens with one attached hydrogen (secondary N) is 1. The number of aromatic nitrogens is 2. The van der Waals surface area contributed by atoms with Gasteiger partial charge in [0.15, 0.2) is 0 Å². The van der Waals surface area contributed by atoms with Gasteiger partial charge in [-0.1, -0.05) is 30.3 Å². The number of hydrogen-bond donors (Lipinski definition) is 1. The molecule has 0 aliphatic carbocycles. The van der Waals surface area contributed by atoms with Crippen molar-refractivity contribution in [3.8, 4) is 0 Å². The Kier molecular flexibility index (Phi) is 4.51. The highest BCUT2D eigenvalue weighted by molar-refractivity contribution is 5.92. The molecule has 6 heteroatoms. The predicted octanol–water partition coefficient (Wildman–Crippen LogP) is 2.46. The van der Waals surface area contributed by atoms with Crippen molar-refractivity contribution in [1.29, 1.82) is 0 Å². The minimum atomic E-state index is -0.327. The lowest BCUT2D eigenvalue weighted by molar-refractivity contribution is -0.0512. The van der Waals surface area contributed by atoms with Crippen molar-refractivity contribution in [3.05, 3.63) is 64.3 Å². The molecule has 2 aromatic rings. The summed E-state index contributed by atoms with van der Waals surface area (Å²) in [4.78, 5) is 35.7. The number of aromatic amines is 1. The SMILES string of the molecule is O=C(c1cncc(=O)[nH]1)N1C[C@@H]2C[C@H](C1)[C@@H]1CCC[C@H](c3ccccc3)N1C2. The van der Waals surface area contributed by atoms with E-state index in [1.165, 1.54) is 43.6 Å². The van der Waals surface area contributed by atoms with Crippen LogP contribution in [0, 0.1) is 11.8 Å². The van der Waals surface area contributed by atoms with Crippen molar-refractivity contribution in [2.45, 2.75) is 37.8 Å². The van der Waals surface area contributed by atoms with Gasteiger partial charge in [-0.2, -0.15) is 0 Å². The van der Waals surface area contributed by atoms with Gasteiger partial charge in [-0.05, 0) is 43.1 Å². The zero-order chi connectivity index (χ0) is 19.1. The molecule has 3 aliphatic rings. The van der Waals surface area contributed by atoms with E-state index < -0.39 is 0 Å². The lowest BCUT2D eigenvalue weighted by Crippen LogP contribution is -2.60. The molecule has 5 rings (SSSR count). The van der Waals surface area contributed by atoms with Crippen LogP contribution in [-0.4, -0.2) is 51.4 Å². The second-order valence-electron chi connectivity index (χ2n) is 8.50. The maximum Gasteiger partial charge on any atom is 0.271 e. The number of hydrogen-bond acceptors (Lipinski definition) is 4. The molecular formula is C22H26N4O2. The van der Waals surface area contributed by atoms with Crippen LogP contribution in [0.3, 0.4) is 0 Å². The summed E-state index contributed by atoms with van der Waals surface area (Å²) in [5.74, 6) is 0.904. The molecule has 3 aliphatic heterocycles. The monoisotopic (exact) mass is 378 g/mol. The normalized spacial score (nSPS) is 29.9. The standard InChI is InChI=1S/C22H26N4O2/c27-21-11-23-10-18(24-21)22(28)25-12-15-9-17(14-25)20-8-4-7-19(26(20)13-15)16-5-2-1-3-6-16/h1-3,5-6,10-11,15,17,19-20H,4,7-9,12-14H2,(H,24,27)/t15-,17+,19+,20-/m0/s1. The summed E-state index contributed by atoms with van der Waals surface area (Å²) < 4.78 is 0. The molecule has 1 aromatic carbocycles. The number of benzene rings is 1. The van der Waals surface area contributed by atoms with Gasteiger partial charge in [-0.25, -0.2) is 0 Å².